The van der Waals surface area contributed by atoms with Crippen LogP contribution in [0.15, 0.2) is 0 Å². The molecule has 3 heteroatoms. The molecule has 2 nitrogen and oxygen atoms in total. The predicted octanol–water partition coefficient (Wildman–Crippen LogP) is 3.38. The maximum atomic E-state index is 5.72. The summed E-state index contributed by atoms with van der Waals surface area (Å²) in [5.74, 6) is 0.665. The van der Waals surface area contributed by atoms with Crippen LogP contribution in [0.2, 0.25) is 0 Å². The molecular formula is C12H23BrO2. The van der Waals surface area contributed by atoms with Gasteiger partial charge >= 0.3 is 0 Å². The largest absolute Gasteiger partial charge is 0.378 e. The average molecular weight is 279 g/mol. The Hall–Kier alpha value is 0.400. The molecule has 0 aromatic carbocycles. The molecule has 0 bridgehead atoms. The Morgan fingerprint density at radius 1 is 1.47 bits per heavy atom. The first kappa shape index (κ1) is 13.5. The van der Waals surface area contributed by atoms with Gasteiger partial charge in [0.2, 0.25) is 0 Å². The van der Waals surface area contributed by atoms with Gasteiger partial charge in [0.1, 0.15) is 0 Å². The second-order valence-electron chi connectivity index (χ2n) is 4.34. The van der Waals surface area contributed by atoms with E-state index in [9.17, 15) is 0 Å². The average Bonchev–Trinajstić information content (AvgIpc) is 2.29. The van der Waals surface area contributed by atoms with E-state index in [0.29, 0.717) is 12.0 Å². The Morgan fingerprint density at radius 3 is 2.93 bits per heavy atom. The fourth-order valence-electron chi connectivity index (χ4n) is 1.92. The minimum atomic E-state index is 0.358. The van der Waals surface area contributed by atoms with Gasteiger partial charge in [-0.25, -0.2) is 0 Å². The van der Waals surface area contributed by atoms with Crippen molar-refractivity contribution in [1.82, 2.24) is 0 Å². The van der Waals surface area contributed by atoms with Gasteiger partial charge in [0.25, 0.3) is 0 Å². The van der Waals surface area contributed by atoms with E-state index in [0.717, 1.165) is 25.2 Å². The number of alkyl halides is 1. The maximum absolute atomic E-state index is 5.72. The highest BCUT2D eigenvalue weighted by atomic mass is 79.9. The van der Waals surface area contributed by atoms with Crippen molar-refractivity contribution in [2.24, 2.45) is 5.92 Å². The van der Waals surface area contributed by atoms with Crippen molar-refractivity contribution in [2.45, 2.75) is 45.1 Å². The van der Waals surface area contributed by atoms with Gasteiger partial charge in [0.15, 0.2) is 0 Å². The highest BCUT2D eigenvalue weighted by Gasteiger charge is 2.14. The van der Waals surface area contributed by atoms with Crippen LogP contribution in [0.5, 0.6) is 0 Å². The summed E-state index contributed by atoms with van der Waals surface area (Å²) in [6.45, 7) is 4.80. The molecule has 0 amide bonds. The third-order valence-electron chi connectivity index (χ3n) is 2.85. The van der Waals surface area contributed by atoms with Gasteiger partial charge in [0, 0.05) is 11.9 Å². The smallest absolute Gasteiger partial charge is 0.0808 e. The normalized spacial score (nSPS) is 24.0. The summed E-state index contributed by atoms with van der Waals surface area (Å²) in [7, 11) is 0. The van der Waals surface area contributed by atoms with Crippen LogP contribution < -0.4 is 0 Å². The van der Waals surface area contributed by atoms with E-state index in [2.05, 4.69) is 22.9 Å². The van der Waals surface area contributed by atoms with Crippen molar-refractivity contribution in [2.75, 3.05) is 25.2 Å². The Labute approximate surface area is 102 Å². The molecule has 0 N–H and O–H groups in total. The summed E-state index contributed by atoms with van der Waals surface area (Å²) >= 11 is 3.53. The fraction of sp³-hybridized carbons (Fsp3) is 1.00. The molecule has 0 radical (unpaired) electrons. The Balaban J connectivity index is 2.03. The lowest BCUT2D eigenvalue weighted by atomic mass is 10.1. The van der Waals surface area contributed by atoms with Gasteiger partial charge in [-0.2, -0.15) is 0 Å². The van der Waals surface area contributed by atoms with Crippen molar-refractivity contribution >= 4 is 15.9 Å². The molecule has 1 aliphatic rings. The molecule has 90 valence electrons. The van der Waals surface area contributed by atoms with Crippen LogP contribution in [0.3, 0.4) is 0 Å². The summed E-state index contributed by atoms with van der Waals surface area (Å²) in [5.41, 5.74) is 0. The second kappa shape index (κ2) is 8.54. The van der Waals surface area contributed by atoms with Crippen molar-refractivity contribution in [1.29, 1.82) is 0 Å². The summed E-state index contributed by atoms with van der Waals surface area (Å²) < 4.78 is 11.3. The molecule has 1 rings (SSSR count). The van der Waals surface area contributed by atoms with Gasteiger partial charge in [0.05, 0.1) is 19.3 Å². The minimum absolute atomic E-state index is 0.358. The molecular weight excluding hydrogens is 256 g/mol. The van der Waals surface area contributed by atoms with E-state index in [1.165, 1.54) is 32.1 Å². The van der Waals surface area contributed by atoms with Crippen molar-refractivity contribution in [3.63, 3.8) is 0 Å². The molecule has 15 heavy (non-hydrogen) atoms. The van der Waals surface area contributed by atoms with Gasteiger partial charge in [-0.3, -0.25) is 0 Å². The van der Waals surface area contributed by atoms with E-state index in [4.69, 9.17) is 9.47 Å². The zero-order valence-corrected chi connectivity index (χ0v) is 11.3. The number of rotatable bonds is 7. The van der Waals surface area contributed by atoms with Crippen LogP contribution in [-0.4, -0.2) is 31.3 Å². The number of halogens is 1. The van der Waals surface area contributed by atoms with E-state index in [1.54, 1.807) is 0 Å². The summed E-state index contributed by atoms with van der Waals surface area (Å²) in [4.78, 5) is 0. The predicted molar refractivity (Wildman–Crippen MR) is 66.6 cm³/mol. The maximum Gasteiger partial charge on any atom is 0.0808 e. The van der Waals surface area contributed by atoms with Crippen LogP contribution in [-0.2, 0) is 9.47 Å². The first-order valence-corrected chi connectivity index (χ1v) is 7.24. The highest BCUT2D eigenvalue weighted by molar-refractivity contribution is 9.09. The Bertz CT molecular complexity index is 142. The lowest BCUT2D eigenvalue weighted by Crippen LogP contribution is -2.25. The Morgan fingerprint density at radius 2 is 2.33 bits per heavy atom. The van der Waals surface area contributed by atoms with E-state index >= 15 is 0 Å². The van der Waals surface area contributed by atoms with Crippen LogP contribution >= 0.6 is 15.9 Å². The quantitative estimate of drug-likeness (QED) is 0.665. The van der Waals surface area contributed by atoms with Crippen LogP contribution in [0, 0.1) is 5.92 Å². The molecule has 0 aromatic heterocycles. The van der Waals surface area contributed by atoms with E-state index in [-0.39, 0.29) is 0 Å². The molecule has 1 aliphatic heterocycles. The topological polar surface area (TPSA) is 18.5 Å². The van der Waals surface area contributed by atoms with Gasteiger partial charge < -0.3 is 9.47 Å². The second-order valence-corrected chi connectivity index (χ2v) is 4.98. The fourth-order valence-corrected chi connectivity index (χ4v) is 2.43. The highest BCUT2D eigenvalue weighted by Crippen LogP contribution is 2.14. The zero-order valence-electron chi connectivity index (χ0n) is 9.71. The molecule has 1 saturated heterocycles. The number of ether oxygens (including phenoxy) is 2. The third kappa shape index (κ3) is 5.88. The molecule has 0 aliphatic carbocycles. The van der Waals surface area contributed by atoms with Crippen LogP contribution in [0.1, 0.15) is 39.0 Å². The molecule has 2 unspecified atom stereocenters. The molecule has 0 aromatic rings. The standard InChI is InChI=1S/C12H23BrO2/c1-2-5-11(8-13)9-14-10-12-6-3-4-7-15-12/h11-12H,2-10H2,1H3. The zero-order chi connectivity index (χ0) is 10.9. The first-order valence-electron chi connectivity index (χ1n) is 6.12. The third-order valence-corrected chi connectivity index (χ3v) is 3.76. The molecule has 1 fully saturated rings. The lowest BCUT2D eigenvalue weighted by molar-refractivity contribution is -0.0459. The van der Waals surface area contributed by atoms with Crippen molar-refractivity contribution in [3.8, 4) is 0 Å². The van der Waals surface area contributed by atoms with Gasteiger partial charge in [-0.05, 0) is 31.6 Å². The first-order chi connectivity index (χ1) is 7.36. The Kier molecular flexibility index (Phi) is 7.67. The van der Waals surface area contributed by atoms with E-state index < -0.39 is 0 Å². The van der Waals surface area contributed by atoms with Crippen molar-refractivity contribution in [3.05, 3.63) is 0 Å². The molecule has 0 spiro atoms. The monoisotopic (exact) mass is 278 g/mol. The van der Waals surface area contributed by atoms with Gasteiger partial charge in [-0.1, -0.05) is 29.3 Å². The summed E-state index contributed by atoms with van der Waals surface area (Å²) in [6.07, 6.45) is 6.53. The summed E-state index contributed by atoms with van der Waals surface area (Å²) in [5, 5.41) is 1.05. The van der Waals surface area contributed by atoms with Crippen LogP contribution in [0.25, 0.3) is 0 Å². The minimum Gasteiger partial charge on any atom is -0.378 e. The summed E-state index contributed by atoms with van der Waals surface area (Å²) in [6, 6.07) is 0. The number of hydrogen-bond donors (Lipinski definition) is 0. The molecule has 1 heterocycles. The van der Waals surface area contributed by atoms with Gasteiger partial charge in [-0.15, -0.1) is 0 Å². The van der Waals surface area contributed by atoms with Crippen molar-refractivity contribution < 1.29 is 9.47 Å². The van der Waals surface area contributed by atoms with Crippen LogP contribution in [0.4, 0.5) is 0 Å². The lowest BCUT2D eigenvalue weighted by Gasteiger charge is -2.23. The van der Waals surface area contributed by atoms with E-state index in [1.807, 2.05) is 0 Å². The SMILES string of the molecule is CCCC(CBr)COCC1CCCCO1. The molecule has 0 saturated carbocycles. The molecule has 2 atom stereocenters. The number of hydrogen-bond acceptors (Lipinski definition) is 2.